The standard InChI is InChI=1S/C17H19N9OS/c1-24-15(14(18)27)22-23-17(24)28-13-4-7-20-16(21-13)26-10-8-25(9-11-26)12-2-5-19-6-3-12/h2-7H,8-11H2,1H3,(H2,18,27). The van der Waals surface area contributed by atoms with Crippen molar-refractivity contribution in [2.24, 2.45) is 12.8 Å². The molecule has 1 amide bonds. The molecule has 0 saturated carbocycles. The minimum absolute atomic E-state index is 0.115. The lowest BCUT2D eigenvalue weighted by atomic mass is 10.3. The molecule has 3 aromatic rings. The highest BCUT2D eigenvalue weighted by Crippen LogP contribution is 2.26. The third-order valence-electron chi connectivity index (χ3n) is 4.46. The fourth-order valence-electron chi connectivity index (χ4n) is 2.97. The molecule has 28 heavy (non-hydrogen) atoms. The van der Waals surface area contributed by atoms with Crippen molar-refractivity contribution in [2.75, 3.05) is 36.0 Å². The van der Waals surface area contributed by atoms with Gasteiger partial charge < -0.3 is 20.1 Å². The van der Waals surface area contributed by atoms with E-state index in [1.807, 2.05) is 24.5 Å². The molecular weight excluding hydrogens is 378 g/mol. The first-order chi connectivity index (χ1) is 13.6. The topological polar surface area (TPSA) is 119 Å². The van der Waals surface area contributed by atoms with Crippen LogP contribution in [0.25, 0.3) is 0 Å². The monoisotopic (exact) mass is 397 g/mol. The van der Waals surface area contributed by atoms with E-state index in [1.54, 1.807) is 23.9 Å². The SMILES string of the molecule is Cn1c(Sc2ccnc(N3CCN(c4ccncc4)CC3)n2)nnc1C(N)=O. The Morgan fingerprint density at radius 2 is 1.75 bits per heavy atom. The molecule has 2 N–H and O–H groups in total. The highest BCUT2D eigenvalue weighted by Gasteiger charge is 2.20. The largest absolute Gasteiger partial charge is 0.368 e. The van der Waals surface area contributed by atoms with Gasteiger partial charge in [-0.15, -0.1) is 10.2 Å². The summed E-state index contributed by atoms with van der Waals surface area (Å²) < 4.78 is 1.56. The fraction of sp³-hybridized carbons (Fsp3) is 0.294. The summed E-state index contributed by atoms with van der Waals surface area (Å²) in [7, 11) is 1.70. The number of nitrogens with zero attached hydrogens (tertiary/aromatic N) is 8. The van der Waals surface area contributed by atoms with Crippen molar-refractivity contribution in [1.82, 2.24) is 29.7 Å². The lowest BCUT2D eigenvalue weighted by Gasteiger charge is -2.36. The summed E-state index contributed by atoms with van der Waals surface area (Å²) in [5.41, 5.74) is 6.46. The van der Waals surface area contributed by atoms with Gasteiger partial charge in [0.25, 0.3) is 5.91 Å². The van der Waals surface area contributed by atoms with Crippen LogP contribution in [0, 0.1) is 0 Å². The van der Waals surface area contributed by atoms with Crippen molar-refractivity contribution >= 4 is 29.3 Å². The third-order valence-corrected chi connectivity index (χ3v) is 5.43. The van der Waals surface area contributed by atoms with E-state index in [-0.39, 0.29) is 5.82 Å². The van der Waals surface area contributed by atoms with E-state index < -0.39 is 5.91 Å². The first-order valence-electron chi connectivity index (χ1n) is 8.72. The van der Waals surface area contributed by atoms with Crippen LogP contribution in [0.5, 0.6) is 0 Å². The highest BCUT2D eigenvalue weighted by molar-refractivity contribution is 7.99. The van der Waals surface area contributed by atoms with E-state index in [9.17, 15) is 4.79 Å². The second-order valence-corrected chi connectivity index (χ2v) is 7.19. The molecule has 1 fully saturated rings. The van der Waals surface area contributed by atoms with Gasteiger partial charge in [-0.3, -0.25) is 9.78 Å². The zero-order valence-electron chi connectivity index (χ0n) is 15.3. The number of anilines is 2. The molecule has 0 bridgehead atoms. The molecular formula is C17H19N9OS. The Balaban J connectivity index is 1.44. The normalized spacial score (nSPS) is 14.3. The van der Waals surface area contributed by atoms with Gasteiger partial charge in [0.15, 0.2) is 5.16 Å². The number of hydrogen-bond donors (Lipinski definition) is 1. The molecule has 144 valence electrons. The van der Waals surface area contributed by atoms with Crippen LogP contribution in [0.3, 0.4) is 0 Å². The Bertz CT molecular complexity index is 970. The third kappa shape index (κ3) is 3.74. The minimum Gasteiger partial charge on any atom is -0.368 e. The Morgan fingerprint density at radius 3 is 2.43 bits per heavy atom. The fourth-order valence-corrected chi connectivity index (χ4v) is 3.72. The number of nitrogens with two attached hydrogens (primary N) is 1. The molecule has 4 heterocycles. The van der Waals surface area contributed by atoms with Gasteiger partial charge in [-0.05, 0) is 30.0 Å². The molecule has 1 saturated heterocycles. The number of piperazine rings is 1. The van der Waals surface area contributed by atoms with E-state index in [2.05, 4.69) is 34.9 Å². The van der Waals surface area contributed by atoms with Gasteiger partial charge in [0.05, 0.1) is 0 Å². The molecule has 0 aromatic carbocycles. The lowest BCUT2D eigenvalue weighted by molar-refractivity contribution is 0.0986. The van der Waals surface area contributed by atoms with E-state index in [0.29, 0.717) is 11.1 Å². The molecule has 11 heteroatoms. The predicted octanol–water partition coefficient (Wildman–Crippen LogP) is 0.577. The Kier molecular flexibility index (Phi) is 5.06. The second kappa shape index (κ2) is 7.80. The Labute approximate surface area is 165 Å². The van der Waals surface area contributed by atoms with Crippen molar-refractivity contribution in [3.05, 3.63) is 42.6 Å². The van der Waals surface area contributed by atoms with E-state index >= 15 is 0 Å². The maximum absolute atomic E-state index is 11.3. The molecule has 1 aliphatic rings. The summed E-state index contributed by atoms with van der Waals surface area (Å²) in [5.74, 6) is 0.179. The van der Waals surface area contributed by atoms with Crippen molar-refractivity contribution in [3.8, 4) is 0 Å². The van der Waals surface area contributed by atoms with Crippen LogP contribution in [-0.4, -0.2) is 61.8 Å². The Hall–Kier alpha value is -3.21. The summed E-state index contributed by atoms with van der Waals surface area (Å²) >= 11 is 1.31. The van der Waals surface area contributed by atoms with Crippen LogP contribution in [0.2, 0.25) is 0 Å². The molecule has 3 aromatic heterocycles. The molecule has 1 aliphatic heterocycles. The second-order valence-electron chi connectivity index (χ2n) is 6.21. The quantitative estimate of drug-likeness (QED) is 0.616. The van der Waals surface area contributed by atoms with Gasteiger partial charge in [0, 0.05) is 57.5 Å². The number of primary amides is 1. The summed E-state index contributed by atoms with van der Waals surface area (Å²) in [6.07, 6.45) is 5.34. The van der Waals surface area contributed by atoms with Crippen LogP contribution in [0.4, 0.5) is 11.6 Å². The molecule has 0 atom stereocenters. The van der Waals surface area contributed by atoms with Crippen molar-refractivity contribution < 1.29 is 4.79 Å². The number of hydrogen-bond acceptors (Lipinski definition) is 9. The first kappa shape index (κ1) is 18.2. The van der Waals surface area contributed by atoms with Crippen LogP contribution < -0.4 is 15.5 Å². The van der Waals surface area contributed by atoms with Crippen LogP contribution in [-0.2, 0) is 7.05 Å². The summed E-state index contributed by atoms with van der Waals surface area (Å²) in [4.78, 5) is 28.9. The predicted molar refractivity (Wildman–Crippen MR) is 104 cm³/mol. The molecule has 0 radical (unpaired) electrons. The summed E-state index contributed by atoms with van der Waals surface area (Å²) in [6, 6.07) is 5.84. The number of pyridine rings is 1. The number of aromatic nitrogens is 6. The maximum Gasteiger partial charge on any atom is 0.286 e. The Morgan fingerprint density at radius 1 is 1.04 bits per heavy atom. The average Bonchev–Trinajstić information content (AvgIpc) is 3.09. The zero-order chi connectivity index (χ0) is 19.5. The minimum atomic E-state index is -0.614. The van der Waals surface area contributed by atoms with Gasteiger partial charge in [-0.2, -0.15) is 0 Å². The number of carbonyl (C=O) groups excluding carboxylic acids is 1. The molecule has 10 nitrogen and oxygen atoms in total. The first-order valence-corrected chi connectivity index (χ1v) is 9.53. The van der Waals surface area contributed by atoms with Gasteiger partial charge in [-0.25, -0.2) is 9.97 Å². The lowest BCUT2D eigenvalue weighted by Crippen LogP contribution is -2.47. The molecule has 0 unspecified atom stereocenters. The van der Waals surface area contributed by atoms with Gasteiger partial charge >= 0.3 is 0 Å². The number of amides is 1. The smallest absolute Gasteiger partial charge is 0.286 e. The van der Waals surface area contributed by atoms with Crippen LogP contribution in [0.1, 0.15) is 10.6 Å². The van der Waals surface area contributed by atoms with E-state index in [0.717, 1.165) is 31.2 Å². The van der Waals surface area contributed by atoms with Crippen LogP contribution in [0.15, 0.2) is 47.0 Å². The summed E-state index contributed by atoms with van der Waals surface area (Å²) in [6.45, 7) is 3.42. The number of rotatable bonds is 5. The highest BCUT2D eigenvalue weighted by atomic mass is 32.2. The molecule has 4 rings (SSSR count). The average molecular weight is 397 g/mol. The van der Waals surface area contributed by atoms with Crippen molar-refractivity contribution in [1.29, 1.82) is 0 Å². The van der Waals surface area contributed by atoms with Crippen LogP contribution >= 0.6 is 11.8 Å². The van der Waals surface area contributed by atoms with Crippen molar-refractivity contribution in [2.45, 2.75) is 10.2 Å². The van der Waals surface area contributed by atoms with E-state index in [1.165, 1.54) is 17.4 Å². The van der Waals surface area contributed by atoms with E-state index in [4.69, 9.17) is 5.73 Å². The van der Waals surface area contributed by atoms with Gasteiger partial charge in [0.2, 0.25) is 11.8 Å². The molecule has 0 aliphatic carbocycles. The zero-order valence-corrected chi connectivity index (χ0v) is 16.1. The summed E-state index contributed by atoms with van der Waals surface area (Å²) in [5, 5.41) is 9.09. The number of carbonyl (C=O) groups is 1. The molecule has 0 spiro atoms. The van der Waals surface area contributed by atoms with Gasteiger partial charge in [0.1, 0.15) is 5.03 Å². The van der Waals surface area contributed by atoms with Gasteiger partial charge in [-0.1, -0.05) is 0 Å². The maximum atomic E-state index is 11.3. The van der Waals surface area contributed by atoms with Crippen molar-refractivity contribution in [3.63, 3.8) is 0 Å².